The van der Waals surface area contributed by atoms with Crippen LogP contribution in [0.2, 0.25) is 0 Å². The van der Waals surface area contributed by atoms with E-state index in [1.54, 1.807) is 18.5 Å². The van der Waals surface area contributed by atoms with Gasteiger partial charge >= 0.3 is 0 Å². The maximum atomic E-state index is 11.6. The largest absolute Gasteiger partial charge is 0.339 e. The van der Waals surface area contributed by atoms with E-state index in [1.165, 1.54) is 12.5 Å². The van der Waals surface area contributed by atoms with Crippen LogP contribution in [-0.2, 0) is 17.1 Å². The summed E-state index contributed by atoms with van der Waals surface area (Å²) in [4.78, 5) is 3.77. The van der Waals surface area contributed by atoms with Crippen molar-refractivity contribution in [1.82, 2.24) is 14.3 Å². The lowest BCUT2D eigenvalue weighted by Crippen LogP contribution is -2.33. The van der Waals surface area contributed by atoms with Crippen LogP contribution in [0.25, 0.3) is 0 Å². The monoisotopic (exact) mass is 281 g/mol. The molecule has 0 aliphatic rings. The van der Waals surface area contributed by atoms with Gasteiger partial charge in [-0.1, -0.05) is 15.9 Å². The molecule has 0 aromatic carbocycles. The highest BCUT2D eigenvalue weighted by molar-refractivity contribution is 9.09. The molecule has 0 saturated carbocycles. The molecule has 0 amide bonds. The number of hydrogen-bond donors (Lipinski definition) is 1. The fraction of sp³-hybridized carbons (Fsp3) is 0.571. The predicted molar refractivity (Wildman–Crippen MR) is 56.8 cm³/mol. The first-order valence-electron chi connectivity index (χ1n) is 4.02. The molecule has 0 bridgehead atoms. The van der Waals surface area contributed by atoms with Gasteiger partial charge in [-0.15, -0.1) is 0 Å². The molecule has 1 N–H and O–H groups in total. The maximum Gasteiger partial charge on any atom is 0.259 e. The lowest BCUT2D eigenvalue weighted by atomic mass is 10.4. The van der Waals surface area contributed by atoms with E-state index in [9.17, 15) is 8.42 Å². The number of nitrogens with zero attached hydrogens (tertiary/aromatic N) is 2. The number of sulfonamides is 1. The van der Waals surface area contributed by atoms with E-state index in [1.807, 2.05) is 0 Å². The zero-order chi connectivity index (χ0) is 10.8. The van der Waals surface area contributed by atoms with Crippen LogP contribution >= 0.6 is 15.9 Å². The van der Waals surface area contributed by atoms with Gasteiger partial charge in [-0.25, -0.2) is 18.1 Å². The maximum absolute atomic E-state index is 11.6. The van der Waals surface area contributed by atoms with Crippen LogP contribution in [0.5, 0.6) is 0 Å². The van der Waals surface area contributed by atoms with Gasteiger partial charge in [0.2, 0.25) is 0 Å². The molecule has 0 fully saturated rings. The second kappa shape index (κ2) is 4.41. The van der Waals surface area contributed by atoms with E-state index in [-0.39, 0.29) is 11.1 Å². The summed E-state index contributed by atoms with van der Waals surface area (Å²) in [5, 5.41) is 0.617. The van der Waals surface area contributed by atoms with Crippen molar-refractivity contribution in [2.75, 3.05) is 5.33 Å². The Labute approximate surface area is 91.7 Å². The summed E-state index contributed by atoms with van der Waals surface area (Å²) in [5.41, 5.74) is 0. The average molecular weight is 282 g/mol. The van der Waals surface area contributed by atoms with Gasteiger partial charge < -0.3 is 4.57 Å². The van der Waals surface area contributed by atoms with Crippen LogP contribution in [0.4, 0.5) is 0 Å². The molecular weight excluding hydrogens is 270 g/mol. The highest BCUT2D eigenvalue weighted by atomic mass is 79.9. The predicted octanol–water partition coefficient (Wildman–Crippen LogP) is 0.482. The van der Waals surface area contributed by atoms with Gasteiger partial charge in [-0.3, -0.25) is 0 Å². The van der Waals surface area contributed by atoms with Gasteiger partial charge in [-0.2, -0.15) is 0 Å². The average Bonchev–Trinajstić information content (AvgIpc) is 2.51. The van der Waals surface area contributed by atoms with Crippen LogP contribution in [0, 0.1) is 0 Å². The van der Waals surface area contributed by atoms with Crippen molar-refractivity contribution in [2.45, 2.75) is 18.0 Å². The number of halogens is 1. The summed E-state index contributed by atoms with van der Waals surface area (Å²) in [7, 11) is -1.74. The van der Waals surface area contributed by atoms with E-state index in [4.69, 9.17) is 0 Å². The van der Waals surface area contributed by atoms with Crippen molar-refractivity contribution in [3.05, 3.63) is 12.5 Å². The number of alkyl halides is 1. The fourth-order valence-electron chi connectivity index (χ4n) is 0.884. The number of imidazole rings is 1. The normalized spacial score (nSPS) is 14.2. The van der Waals surface area contributed by atoms with E-state index >= 15 is 0 Å². The molecule has 1 rings (SSSR count). The molecule has 0 radical (unpaired) electrons. The Morgan fingerprint density at radius 2 is 2.36 bits per heavy atom. The molecule has 1 heterocycles. The number of aromatic nitrogens is 2. The van der Waals surface area contributed by atoms with E-state index in [2.05, 4.69) is 25.6 Å². The Morgan fingerprint density at radius 3 is 2.79 bits per heavy atom. The molecule has 5 nitrogen and oxygen atoms in total. The quantitative estimate of drug-likeness (QED) is 0.817. The zero-order valence-electron chi connectivity index (χ0n) is 7.94. The molecule has 0 aliphatic heterocycles. The van der Waals surface area contributed by atoms with Crippen molar-refractivity contribution < 1.29 is 8.42 Å². The summed E-state index contributed by atoms with van der Waals surface area (Å²) in [6, 6.07) is -0.151. The molecule has 0 saturated heterocycles. The molecule has 1 aromatic heterocycles. The van der Waals surface area contributed by atoms with Gasteiger partial charge in [0.15, 0.2) is 5.03 Å². The smallest absolute Gasteiger partial charge is 0.259 e. The summed E-state index contributed by atoms with van der Waals surface area (Å²) >= 11 is 3.19. The molecule has 7 heteroatoms. The van der Waals surface area contributed by atoms with Gasteiger partial charge in [0.25, 0.3) is 10.0 Å². The lowest BCUT2D eigenvalue weighted by Gasteiger charge is -2.08. The first kappa shape index (κ1) is 11.7. The van der Waals surface area contributed by atoms with E-state index < -0.39 is 10.0 Å². The number of rotatable bonds is 4. The molecule has 0 spiro atoms. The highest BCUT2D eigenvalue weighted by Gasteiger charge is 2.18. The number of nitrogens with one attached hydrogen (secondary N) is 1. The Balaban J connectivity index is 2.86. The van der Waals surface area contributed by atoms with E-state index in [0.717, 1.165) is 0 Å². The summed E-state index contributed by atoms with van der Waals surface area (Å²) < 4.78 is 27.3. The van der Waals surface area contributed by atoms with Gasteiger partial charge in [-0.05, 0) is 6.92 Å². The van der Waals surface area contributed by atoms with Crippen molar-refractivity contribution in [3.63, 3.8) is 0 Å². The molecular formula is C7H12BrN3O2S. The Hall–Kier alpha value is -0.400. The summed E-state index contributed by atoms with van der Waals surface area (Å²) in [6.45, 7) is 1.77. The fourth-order valence-corrected chi connectivity index (χ4v) is 2.49. The molecule has 80 valence electrons. The van der Waals surface area contributed by atoms with Crippen LogP contribution in [0.15, 0.2) is 17.6 Å². The van der Waals surface area contributed by atoms with Crippen molar-refractivity contribution in [1.29, 1.82) is 0 Å². The minimum Gasteiger partial charge on any atom is -0.339 e. The van der Waals surface area contributed by atoms with Crippen LogP contribution in [-0.4, -0.2) is 29.3 Å². The number of aryl methyl sites for hydroxylation is 1. The van der Waals surface area contributed by atoms with Crippen molar-refractivity contribution in [3.8, 4) is 0 Å². The van der Waals surface area contributed by atoms with Crippen LogP contribution < -0.4 is 4.72 Å². The molecule has 1 unspecified atom stereocenters. The number of hydrogen-bond acceptors (Lipinski definition) is 3. The Morgan fingerprint density at radius 1 is 1.71 bits per heavy atom. The Kier molecular flexibility index (Phi) is 3.68. The molecule has 1 atom stereocenters. The van der Waals surface area contributed by atoms with Crippen LogP contribution in [0.1, 0.15) is 6.92 Å². The van der Waals surface area contributed by atoms with Gasteiger partial charge in [0.1, 0.15) is 0 Å². The van der Waals surface area contributed by atoms with Gasteiger partial charge in [0, 0.05) is 24.6 Å². The van der Waals surface area contributed by atoms with E-state index in [0.29, 0.717) is 5.33 Å². The van der Waals surface area contributed by atoms with Crippen molar-refractivity contribution >= 4 is 26.0 Å². The SMILES string of the molecule is CC(CBr)NS(=O)(=O)c1cn(C)cn1. The molecule has 1 aromatic rings. The summed E-state index contributed by atoms with van der Waals surface area (Å²) in [5.74, 6) is 0. The lowest BCUT2D eigenvalue weighted by molar-refractivity contribution is 0.568. The summed E-state index contributed by atoms with van der Waals surface area (Å²) in [6.07, 6.45) is 2.91. The Bertz CT molecular complexity index is 401. The zero-order valence-corrected chi connectivity index (χ0v) is 10.3. The van der Waals surface area contributed by atoms with Crippen LogP contribution in [0.3, 0.4) is 0 Å². The second-order valence-corrected chi connectivity index (χ2v) is 5.36. The minimum atomic E-state index is -3.46. The minimum absolute atomic E-state index is 0.0489. The standard InChI is InChI=1S/C7H12BrN3O2S/c1-6(3-8)10-14(12,13)7-4-11(2)5-9-7/h4-6,10H,3H2,1-2H3. The molecule has 14 heavy (non-hydrogen) atoms. The second-order valence-electron chi connectivity index (χ2n) is 3.05. The van der Waals surface area contributed by atoms with Gasteiger partial charge in [0.05, 0.1) is 6.33 Å². The first-order chi connectivity index (χ1) is 6.45. The first-order valence-corrected chi connectivity index (χ1v) is 6.62. The molecule has 0 aliphatic carbocycles. The third-order valence-electron chi connectivity index (χ3n) is 1.54. The third-order valence-corrected chi connectivity index (χ3v) is 3.99. The van der Waals surface area contributed by atoms with Crippen molar-refractivity contribution in [2.24, 2.45) is 7.05 Å². The topological polar surface area (TPSA) is 64.0 Å². The highest BCUT2D eigenvalue weighted by Crippen LogP contribution is 2.05. The third kappa shape index (κ3) is 2.79.